The molecule has 0 saturated carbocycles. The van der Waals surface area contributed by atoms with Gasteiger partial charge in [0, 0.05) is 18.4 Å². The summed E-state index contributed by atoms with van der Waals surface area (Å²) in [6, 6.07) is 13.5. The lowest BCUT2D eigenvalue weighted by atomic mass is 9.98. The van der Waals surface area contributed by atoms with Crippen molar-refractivity contribution in [1.29, 1.82) is 0 Å². The van der Waals surface area contributed by atoms with Gasteiger partial charge in [0.25, 0.3) is 0 Å². The first-order chi connectivity index (χ1) is 9.33. The molecule has 0 bridgehead atoms. The van der Waals surface area contributed by atoms with Crippen molar-refractivity contribution >= 4 is 0 Å². The van der Waals surface area contributed by atoms with Crippen molar-refractivity contribution in [3.05, 3.63) is 65.5 Å². The first-order valence-corrected chi connectivity index (χ1v) is 6.98. The van der Waals surface area contributed by atoms with Gasteiger partial charge in [-0.05, 0) is 49.1 Å². The minimum Gasteiger partial charge on any atom is -0.313 e. The number of nitrogens with one attached hydrogen (secondary N) is 1. The minimum absolute atomic E-state index is 0.408. The third kappa shape index (κ3) is 3.90. The predicted octanol–water partition coefficient (Wildman–Crippen LogP) is 3.54. The Bertz CT molecular complexity index is 476. The lowest BCUT2D eigenvalue weighted by Gasteiger charge is -2.17. The SMILES string of the molecule is CCc1ccc(C(CCc2cccnc2)NC)cc1. The highest BCUT2D eigenvalue weighted by atomic mass is 14.9. The molecule has 2 aromatic rings. The van der Waals surface area contributed by atoms with Crippen LogP contribution in [0.25, 0.3) is 0 Å². The van der Waals surface area contributed by atoms with Crippen molar-refractivity contribution in [2.45, 2.75) is 32.2 Å². The highest BCUT2D eigenvalue weighted by molar-refractivity contribution is 5.25. The van der Waals surface area contributed by atoms with Crippen LogP contribution in [-0.4, -0.2) is 12.0 Å². The molecule has 2 heteroatoms. The number of hydrogen-bond donors (Lipinski definition) is 1. The fourth-order valence-electron chi connectivity index (χ4n) is 2.32. The van der Waals surface area contributed by atoms with Gasteiger partial charge in [-0.15, -0.1) is 0 Å². The maximum absolute atomic E-state index is 4.16. The Morgan fingerprint density at radius 3 is 2.47 bits per heavy atom. The van der Waals surface area contributed by atoms with Gasteiger partial charge in [0.05, 0.1) is 0 Å². The zero-order valence-electron chi connectivity index (χ0n) is 11.8. The molecule has 0 amide bonds. The molecule has 0 fully saturated rings. The molecule has 1 heterocycles. The molecule has 1 unspecified atom stereocenters. The maximum Gasteiger partial charge on any atom is 0.0320 e. The number of aryl methyl sites for hydroxylation is 2. The van der Waals surface area contributed by atoms with Crippen LogP contribution in [0.5, 0.6) is 0 Å². The Morgan fingerprint density at radius 1 is 1.11 bits per heavy atom. The second-order valence-electron chi connectivity index (χ2n) is 4.84. The zero-order chi connectivity index (χ0) is 13.5. The molecule has 1 aromatic carbocycles. The summed E-state index contributed by atoms with van der Waals surface area (Å²) in [6.07, 6.45) is 7.01. The molecule has 19 heavy (non-hydrogen) atoms. The van der Waals surface area contributed by atoms with Gasteiger partial charge in [0.15, 0.2) is 0 Å². The Kier molecular flexibility index (Phi) is 5.10. The van der Waals surface area contributed by atoms with E-state index in [1.807, 2.05) is 25.5 Å². The molecular formula is C17H22N2. The summed E-state index contributed by atoms with van der Waals surface area (Å²) in [7, 11) is 2.03. The van der Waals surface area contributed by atoms with Gasteiger partial charge in [-0.3, -0.25) is 4.98 Å². The molecule has 0 aliphatic heterocycles. The molecule has 0 saturated heterocycles. The standard InChI is InChI=1S/C17H22N2/c1-3-14-6-9-16(10-7-14)17(18-2)11-8-15-5-4-12-19-13-15/h4-7,9-10,12-13,17-18H,3,8,11H2,1-2H3. The third-order valence-corrected chi connectivity index (χ3v) is 3.58. The van der Waals surface area contributed by atoms with Crippen molar-refractivity contribution in [3.8, 4) is 0 Å². The van der Waals surface area contributed by atoms with Crippen molar-refractivity contribution in [2.75, 3.05) is 7.05 Å². The Hall–Kier alpha value is -1.67. The van der Waals surface area contributed by atoms with Crippen LogP contribution >= 0.6 is 0 Å². The molecular weight excluding hydrogens is 232 g/mol. The quantitative estimate of drug-likeness (QED) is 0.853. The van der Waals surface area contributed by atoms with Gasteiger partial charge in [-0.2, -0.15) is 0 Å². The van der Waals surface area contributed by atoms with Crippen LogP contribution < -0.4 is 5.32 Å². The molecule has 100 valence electrons. The zero-order valence-corrected chi connectivity index (χ0v) is 11.8. The van der Waals surface area contributed by atoms with Crippen LogP contribution in [0, 0.1) is 0 Å². The summed E-state index contributed by atoms with van der Waals surface area (Å²) >= 11 is 0. The van der Waals surface area contributed by atoms with E-state index in [0.29, 0.717) is 6.04 Å². The van der Waals surface area contributed by atoms with Gasteiger partial charge in [0.2, 0.25) is 0 Å². The van der Waals surface area contributed by atoms with Crippen LogP contribution in [-0.2, 0) is 12.8 Å². The van der Waals surface area contributed by atoms with Gasteiger partial charge >= 0.3 is 0 Å². The molecule has 2 nitrogen and oxygen atoms in total. The van der Waals surface area contributed by atoms with Gasteiger partial charge in [-0.25, -0.2) is 0 Å². The lowest BCUT2D eigenvalue weighted by molar-refractivity contribution is 0.549. The Morgan fingerprint density at radius 2 is 1.89 bits per heavy atom. The van der Waals surface area contributed by atoms with E-state index in [1.165, 1.54) is 16.7 Å². The Labute approximate surface area is 115 Å². The average Bonchev–Trinajstić information content (AvgIpc) is 2.49. The summed E-state index contributed by atoms with van der Waals surface area (Å²) < 4.78 is 0. The van der Waals surface area contributed by atoms with E-state index in [-0.39, 0.29) is 0 Å². The number of rotatable bonds is 6. The fraction of sp³-hybridized carbons (Fsp3) is 0.353. The Balaban J connectivity index is 1.99. The van der Waals surface area contributed by atoms with E-state index in [0.717, 1.165) is 19.3 Å². The van der Waals surface area contributed by atoms with Crippen LogP contribution in [0.2, 0.25) is 0 Å². The summed E-state index contributed by atoms with van der Waals surface area (Å²) in [5.74, 6) is 0. The normalized spacial score (nSPS) is 12.3. The smallest absolute Gasteiger partial charge is 0.0320 e. The first kappa shape index (κ1) is 13.8. The molecule has 1 N–H and O–H groups in total. The molecule has 1 aromatic heterocycles. The van der Waals surface area contributed by atoms with E-state index < -0.39 is 0 Å². The molecule has 0 aliphatic rings. The number of pyridine rings is 1. The first-order valence-electron chi connectivity index (χ1n) is 6.98. The maximum atomic E-state index is 4.16. The van der Waals surface area contributed by atoms with Gasteiger partial charge in [0.1, 0.15) is 0 Å². The van der Waals surface area contributed by atoms with E-state index in [2.05, 4.69) is 47.6 Å². The fourth-order valence-corrected chi connectivity index (χ4v) is 2.32. The number of hydrogen-bond acceptors (Lipinski definition) is 2. The number of nitrogens with zero attached hydrogens (tertiary/aromatic N) is 1. The summed E-state index contributed by atoms with van der Waals surface area (Å²) in [4.78, 5) is 4.16. The minimum atomic E-state index is 0.408. The van der Waals surface area contributed by atoms with E-state index in [1.54, 1.807) is 0 Å². The predicted molar refractivity (Wildman–Crippen MR) is 80.2 cm³/mol. The second-order valence-corrected chi connectivity index (χ2v) is 4.84. The van der Waals surface area contributed by atoms with E-state index in [9.17, 15) is 0 Å². The van der Waals surface area contributed by atoms with Crippen molar-refractivity contribution in [1.82, 2.24) is 10.3 Å². The molecule has 0 radical (unpaired) electrons. The second kappa shape index (κ2) is 7.05. The monoisotopic (exact) mass is 254 g/mol. The summed E-state index contributed by atoms with van der Waals surface area (Å²) in [5.41, 5.74) is 4.06. The molecule has 1 atom stereocenters. The number of benzene rings is 1. The summed E-state index contributed by atoms with van der Waals surface area (Å²) in [6.45, 7) is 2.19. The highest BCUT2D eigenvalue weighted by Gasteiger charge is 2.09. The largest absolute Gasteiger partial charge is 0.313 e. The topological polar surface area (TPSA) is 24.9 Å². The van der Waals surface area contributed by atoms with E-state index >= 15 is 0 Å². The van der Waals surface area contributed by atoms with Crippen molar-refractivity contribution in [3.63, 3.8) is 0 Å². The van der Waals surface area contributed by atoms with Crippen LogP contribution in [0.4, 0.5) is 0 Å². The van der Waals surface area contributed by atoms with Crippen molar-refractivity contribution in [2.24, 2.45) is 0 Å². The molecule has 2 rings (SSSR count). The van der Waals surface area contributed by atoms with Crippen LogP contribution in [0.1, 0.15) is 36.1 Å². The molecule has 0 spiro atoms. The molecule has 0 aliphatic carbocycles. The van der Waals surface area contributed by atoms with Crippen molar-refractivity contribution < 1.29 is 0 Å². The van der Waals surface area contributed by atoms with Crippen LogP contribution in [0.15, 0.2) is 48.8 Å². The van der Waals surface area contributed by atoms with Crippen LogP contribution in [0.3, 0.4) is 0 Å². The van der Waals surface area contributed by atoms with Gasteiger partial charge in [-0.1, -0.05) is 37.3 Å². The highest BCUT2D eigenvalue weighted by Crippen LogP contribution is 2.19. The van der Waals surface area contributed by atoms with E-state index in [4.69, 9.17) is 0 Å². The third-order valence-electron chi connectivity index (χ3n) is 3.58. The lowest BCUT2D eigenvalue weighted by Crippen LogP contribution is -2.17. The summed E-state index contributed by atoms with van der Waals surface area (Å²) in [5, 5.41) is 3.41. The number of aromatic nitrogens is 1. The average molecular weight is 254 g/mol. The van der Waals surface area contributed by atoms with Gasteiger partial charge < -0.3 is 5.32 Å².